The Kier molecular flexibility index (Phi) is 40.7. The molecule has 0 radical (unpaired) electrons. The van der Waals surface area contributed by atoms with E-state index in [1.807, 2.05) is 107 Å². The molecule has 704 valence electrons. The number of Topliss-reactive ketones (excluding diaryl/α,β-unsaturated/α-hetero) is 2. The van der Waals surface area contributed by atoms with Crippen LogP contribution in [0.15, 0.2) is 169 Å². The molecule has 3 saturated carbocycles. The molecule has 4 aromatic heterocycles. The quantitative estimate of drug-likeness (QED) is 0.0186. The van der Waals surface area contributed by atoms with Gasteiger partial charge in [-0.2, -0.15) is 9.97 Å². The normalized spacial score (nSPS) is 18.1. The van der Waals surface area contributed by atoms with Crippen LogP contribution in [0, 0.1) is 5.92 Å². The number of carbonyl (C=O) groups is 7. The van der Waals surface area contributed by atoms with Crippen molar-refractivity contribution in [2.24, 2.45) is 45.9 Å². The van der Waals surface area contributed by atoms with Gasteiger partial charge in [-0.05, 0) is 215 Å². The Bertz CT molecular complexity index is 5100. The fraction of sp³-hybridized carbons (Fsp3) is 0.531. The van der Waals surface area contributed by atoms with E-state index in [0.29, 0.717) is 140 Å². The Morgan fingerprint density at radius 1 is 0.458 bits per heavy atom. The summed E-state index contributed by atoms with van der Waals surface area (Å²) >= 11 is 0. The number of pyridine rings is 2. The number of hydrogen-bond acceptors (Lipinski definition) is 31. The van der Waals surface area contributed by atoms with Gasteiger partial charge in [-0.15, -0.1) is 0 Å². The highest BCUT2D eigenvalue weighted by Crippen LogP contribution is 2.32. The van der Waals surface area contributed by atoms with Crippen molar-refractivity contribution in [3.8, 4) is 5.88 Å². The lowest BCUT2D eigenvalue weighted by Crippen LogP contribution is -2.40. The van der Waals surface area contributed by atoms with Crippen molar-refractivity contribution < 1.29 is 47.9 Å². The molecule has 12 heterocycles. The lowest BCUT2D eigenvalue weighted by atomic mass is 9.84. The molecule has 8 aliphatic heterocycles. The van der Waals surface area contributed by atoms with Gasteiger partial charge in [0.05, 0.1) is 69.2 Å². The van der Waals surface area contributed by atoms with Crippen LogP contribution in [0.2, 0.25) is 0 Å². The average Bonchev–Trinajstić information content (AvgIpc) is 1.70. The monoisotopic (exact) mass is 1800 g/mol. The standard InChI is InChI=1S/C15H20N4O.C15H25N3O.C15H22N2O2.C14H15N5O2.C13H16N4O.C13H21N3O2.C11H16N4O/c1-4-12-8-13(5-6-16-12)19-15(20)11-7-14(17-9-11)18-10(2)3;1-11(2)17-14-9-12(10-16-14)15(19)18-13-7-5-3-4-6-8-13;1-10(2)17-13-8-12(9-16-13)15(19)14(18)11-6-4-3-5-7-11;1-8(2)19-11-5-9(6-16-11)14(20)21-13-12-10(3-4-15-12)17-7-18-13;1-9(2)16-12-7-10(8-15-12)13(18)17-11-5-3-4-6-14-11;1-8(2)15-12-6-9(7-14-12)13(18)16-10-4-3-5-11(10)17;1-4-9-14-11(16-15-9)8-5-10(12-6-8)13-7(2)3/h5-8,10H,4,9H2,1-3H3,(H,17,18)(H,16,19,20);9,11,13H,3-8,10H2,1-2H3,(H,16,17)(H,18,19);8,10-11H,3-7,9H2,1-2H3,(H,16,17);4-5,7-8H,3,6H2,1-2H3,(H,16,19);3-7,9H,8H2,1-2H3,(H,15,16)(H,14,17,18);6,8,10-11,17H,3-5,7H2,1-2H3,(H,14,15)(H,16,18);5,7H,4,6H2,1-3H3,(H,12,13)/t;;;;;10-,11+;/m.....0./s1. The van der Waals surface area contributed by atoms with Gasteiger partial charge in [0.2, 0.25) is 23.4 Å². The first-order chi connectivity index (χ1) is 62.8. The molecule has 0 saturated heterocycles. The van der Waals surface area contributed by atoms with Crippen LogP contribution < -0.4 is 63.2 Å². The molecule has 3 aliphatic carbocycles. The molecule has 11 aliphatic rings. The fourth-order valence-electron chi connectivity index (χ4n) is 14.6. The molecule has 35 nitrogen and oxygen atoms in total. The summed E-state index contributed by atoms with van der Waals surface area (Å²) in [7, 11) is 0. The number of hydrogen-bond donors (Lipinski definition) is 12. The number of aryl methyl sites for hydroxylation is 2. The number of amides is 4. The molecule has 3 fully saturated rings. The van der Waals surface area contributed by atoms with Crippen LogP contribution in [0.5, 0.6) is 5.88 Å². The van der Waals surface area contributed by atoms with Crippen molar-refractivity contribution in [3.63, 3.8) is 0 Å². The molecule has 0 bridgehead atoms. The highest BCUT2D eigenvalue weighted by Gasteiger charge is 2.33. The van der Waals surface area contributed by atoms with Gasteiger partial charge in [-0.1, -0.05) is 70.0 Å². The number of aliphatic imine (C=N–C) groups is 8. The predicted molar refractivity (Wildman–Crippen MR) is 517 cm³/mol. The van der Waals surface area contributed by atoms with E-state index in [2.05, 4.69) is 156 Å². The summed E-state index contributed by atoms with van der Waals surface area (Å²) in [5, 5.41) is 47.5. The molecule has 35 heteroatoms. The predicted octanol–water partition coefficient (Wildman–Crippen LogP) is 10.2. The zero-order valence-corrected chi connectivity index (χ0v) is 78.9. The van der Waals surface area contributed by atoms with Crippen molar-refractivity contribution in [3.05, 3.63) is 148 Å². The van der Waals surface area contributed by atoms with Crippen molar-refractivity contribution in [2.75, 3.05) is 56.4 Å². The molecular formula is C96H135N25O10. The minimum absolute atomic E-state index is 0.0516. The van der Waals surface area contributed by atoms with Crippen LogP contribution >= 0.6 is 0 Å². The highest BCUT2D eigenvalue weighted by atomic mass is 16.5. The third-order valence-corrected chi connectivity index (χ3v) is 21.0. The molecule has 15 rings (SSSR count). The number of ketones is 2. The minimum Gasteiger partial charge on any atom is -0.402 e. The number of aliphatic hydroxyl groups is 1. The molecule has 4 amide bonds. The van der Waals surface area contributed by atoms with Crippen LogP contribution in [0.1, 0.15) is 224 Å². The number of esters is 1. The number of ether oxygens (including phenoxy) is 1. The van der Waals surface area contributed by atoms with E-state index in [1.54, 1.807) is 67.2 Å². The topological polar surface area (TPSA) is 471 Å². The molecule has 131 heavy (non-hydrogen) atoms. The molecule has 12 N–H and O–H groups in total. The summed E-state index contributed by atoms with van der Waals surface area (Å²) in [6, 6.07) is 11.5. The number of aromatic nitrogens is 6. The van der Waals surface area contributed by atoms with Crippen LogP contribution in [0.25, 0.3) is 5.57 Å². The second-order valence-corrected chi connectivity index (χ2v) is 35.2. The lowest BCUT2D eigenvalue weighted by Gasteiger charge is -2.19. The van der Waals surface area contributed by atoms with Crippen molar-refractivity contribution in [1.29, 1.82) is 0 Å². The second kappa shape index (κ2) is 52.2. The lowest BCUT2D eigenvalue weighted by molar-refractivity contribution is -0.137. The molecule has 0 spiro atoms. The number of aliphatic hydroxyl groups excluding tert-OH is 1. The summed E-state index contributed by atoms with van der Waals surface area (Å²) < 4.78 is 10.5. The zero-order valence-electron chi connectivity index (χ0n) is 78.9. The molecule has 2 atom stereocenters. The Balaban J connectivity index is 0.000000172. The fourth-order valence-corrected chi connectivity index (χ4v) is 14.6. The van der Waals surface area contributed by atoms with Gasteiger partial charge in [-0.3, -0.25) is 73.7 Å². The Morgan fingerprint density at radius 3 is 1.41 bits per heavy atom. The van der Waals surface area contributed by atoms with Crippen molar-refractivity contribution in [1.82, 2.24) is 77.9 Å². The maximum absolute atomic E-state index is 12.2. The van der Waals surface area contributed by atoms with E-state index in [1.165, 1.54) is 38.4 Å². The Morgan fingerprint density at radius 2 is 0.924 bits per heavy atom. The van der Waals surface area contributed by atoms with Crippen LogP contribution in [0.4, 0.5) is 17.2 Å². The van der Waals surface area contributed by atoms with Crippen LogP contribution in [-0.2, 0) is 52.8 Å². The molecule has 0 unspecified atom stereocenters. The summed E-state index contributed by atoms with van der Waals surface area (Å²) in [5.41, 5.74) is 7.81. The zero-order chi connectivity index (χ0) is 94.5. The van der Waals surface area contributed by atoms with E-state index in [9.17, 15) is 38.7 Å². The summed E-state index contributed by atoms with van der Waals surface area (Å²) in [4.78, 5) is 139. The van der Waals surface area contributed by atoms with Gasteiger partial charge in [0.25, 0.3) is 23.6 Å². The third kappa shape index (κ3) is 34.6. The Labute approximate surface area is 769 Å². The second-order valence-electron chi connectivity index (χ2n) is 35.2. The van der Waals surface area contributed by atoms with E-state index < -0.39 is 12.1 Å². The van der Waals surface area contributed by atoms with Gasteiger partial charge in [0, 0.05) is 131 Å². The number of carbonyl (C=O) groups excluding carboxylic acids is 7. The van der Waals surface area contributed by atoms with E-state index >= 15 is 0 Å². The first-order valence-electron chi connectivity index (χ1n) is 46.2. The van der Waals surface area contributed by atoms with Gasteiger partial charge in [0.15, 0.2) is 5.82 Å². The molecule has 0 aromatic carbocycles. The summed E-state index contributed by atoms with van der Waals surface area (Å²) in [6.07, 6.45) is 36.0. The molecule has 4 aromatic rings. The molecular weight excluding hydrogens is 1660 g/mol. The van der Waals surface area contributed by atoms with Crippen LogP contribution in [-0.4, -0.2) is 230 Å². The van der Waals surface area contributed by atoms with E-state index in [4.69, 9.17) is 9.26 Å². The Hall–Kier alpha value is -12.7. The first kappa shape index (κ1) is 102. The van der Waals surface area contributed by atoms with Gasteiger partial charge in [0.1, 0.15) is 58.7 Å². The summed E-state index contributed by atoms with van der Waals surface area (Å²) in [6.45, 7) is 35.6. The minimum atomic E-state index is -0.456. The van der Waals surface area contributed by atoms with Gasteiger partial charge < -0.3 is 72.9 Å². The number of anilines is 2. The van der Waals surface area contributed by atoms with E-state index in [0.717, 1.165) is 140 Å². The third-order valence-electron chi connectivity index (χ3n) is 21.0. The number of rotatable bonds is 23. The van der Waals surface area contributed by atoms with Crippen molar-refractivity contribution >= 4 is 111 Å². The summed E-state index contributed by atoms with van der Waals surface area (Å²) in [5.74, 6) is 6.17. The van der Waals surface area contributed by atoms with Gasteiger partial charge in [-0.25, -0.2) is 14.8 Å². The average molecular weight is 1800 g/mol. The number of nitrogens with one attached hydrogen (secondary N) is 11. The number of fused-ring (bicyclic) bond motifs is 1. The van der Waals surface area contributed by atoms with Crippen molar-refractivity contribution in [2.45, 2.75) is 280 Å². The van der Waals surface area contributed by atoms with E-state index in [-0.39, 0.29) is 65.1 Å². The SMILES string of the molecule is CC(C)NC1=NCC(C(=O)C(=O)C2CCCCC2)=C1.CC(C)NC1=NCC(C(=O)NC2CCCCCC2)=C1.CC(C)NC1=NCC(C(=O)N[C@H]2CCC[C@H]2O)=C1.CC(C)NC1=NCC(C(=O)Nc2ccccn2)=C1.CC(C)NC1=NCC(C(=O)Oc2ncnc3c2N=CC3)=C1.CCc1cc(NC(=O)C2=CC(NC(C)C)=NC2)ccn1.CCc1noc(C2=CC(NC(C)C)=NC2)n1. The number of nitrogens with zero attached hydrogens (tertiary/aromatic N) is 14. The van der Waals surface area contributed by atoms with Gasteiger partial charge >= 0.3 is 5.97 Å². The maximum Gasteiger partial charge on any atom is 0.342 e. The largest absolute Gasteiger partial charge is 0.402 e. The number of amidine groups is 7. The smallest absolute Gasteiger partial charge is 0.342 e. The van der Waals surface area contributed by atoms with Crippen LogP contribution in [0.3, 0.4) is 0 Å². The first-order valence-corrected chi connectivity index (χ1v) is 46.2. The highest BCUT2D eigenvalue weighted by molar-refractivity contribution is 6.45. The maximum atomic E-state index is 12.2.